The molecule has 162 valence electrons. The summed E-state index contributed by atoms with van der Waals surface area (Å²) in [6, 6.07) is 12.3. The van der Waals surface area contributed by atoms with E-state index in [9.17, 15) is 19.5 Å². The van der Waals surface area contributed by atoms with E-state index in [2.05, 4.69) is 5.09 Å². The molecule has 30 heavy (non-hydrogen) atoms. The molecule has 0 aliphatic heterocycles. The molecule has 1 unspecified atom stereocenters. The van der Waals surface area contributed by atoms with Crippen LogP contribution in [0.5, 0.6) is 11.5 Å². The minimum atomic E-state index is -4.10. The summed E-state index contributed by atoms with van der Waals surface area (Å²) < 4.78 is 29.7. The van der Waals surface area contributed by atoms with Crippen molar-refractivity contribution in [3.05, 3.63) is 64.7 Å². The highest BCUT2D eigenvalue weighted by molar-refractivity contribution is 7.52. The second-order valence-electron chi connectivity index (χ2n) is 7.76. The topological polar surface area (TPSA) is 117 Å². The van der Waals surface area contributed by atoms with Crippen LogP contribution in [0.1, 0.15) is 27.7 Å². The van der Waals surface area contributed by atoms with E-state index in [4.69, 9.17) is 13.8 Å². The monoisotopic (exact) mass is 436 g/mol. The third-order valence-electron chi connectivity index (χ3n) is 3.59. The number of non-ortho nitro benzene ring substituents is 1. The fourth-order valence-electron chi connectivity index (χ4n) is 2.16. The van der Waals surface area contributed by atoms with Crippen molar-refractivity contribution in [3.8, 4) is 11.5 Å². The largest absolute Gasteiger partial charge is 0.513 e. The van der Waals surface area contributed by atoms with E-state index >= 15 is 0 Å². The van der Waals surface area contributed by atoms with Gasteiger partial charge in [-0.05, 0) is 36.6 Å². The molecule has 0 fully saturated rings. The number of ether oxygens (including phenoxy) is 1. The zero-order valence-corrected chi connectivity index (χ0v) is 18.1. The normalized spacial score (nSPS) is 14.3. The van der Waals surface area contributed by atoms with Crippen molar-refractivity contribution in [3.63, 3.8) is 0 Å². The van der Waals surface area contributed by atoms with Crippen molar-refractivity contribution in [1.29, 1.82) is 0 Å². The first kappa shape index (κ1) is 23.4. The van der Waals surface area contributed by atoms with E-state index in [1.165, 1.54) is 31.2 Å². The number of rotatable bonds is 9. The molecule has 0 saturated heterocycles. The summed E-state index contributed by atoms with van der Waals surface area (Å²) in [6.07, 6.45) is 0. The highest BCUT2D eigenvalue weighted by Crippen LogP contribution is 2.45. The third-order valence-corrected chi connectivity index (χ3v) is 5.20. The molecule has 10 heteroatoms. The molecule has 0 heterocycles. The number of benzene rings is 2. The van der Waals surface area contributed by atoms with Gasteiger partial charge in [0.25, 0.3) is 5.69 Å². The number of carbonyl (C=O) groups is 1. The summed E-state index contributed by atoms with van der Waals surface area (Å²) in [6.45, 7) is 7.41. The molecule has 0 aliphatic carbocycles. The number of nitrogens with zero attached hydrogens (tertiary/aromatic N) is 1. The maximum atomic E-state index is 13.4. The Balaban J connectivity index is 2.19. The van der Waals surface area contributed by atoms with Crippen molar-refractivity contribution < 1.29 is 28.1 Å². The van der Waals surface area contributed by atoms with Crippen LogP contribution in [0.15, 0.2) is 54.6 Å². The summed E-state index contributed by atoms with van der Waals surface area (Å²) in [5.74, 6) is -0.290. The van der Waals surface area contributed by atoms with E-state index in [-0.39, 0.29) is 29.2 Å². The standard InChI is InChI=1S/C20H25N2O7P/c1-15(19(23)27-14-20(2,3)4)21-30(26,28-17-8-6-5-7-9-17)29-18-12-10-16(11-13-18)22(24)25/h5-13,15H,14H2,1-4H3,(H,21,26)/t15-,30?/m0/s1. The molecular weight excluding hydrogens is 411 g/mol. The fraction of sp³-hybridized carbons (Fsp3) is 0.350. The van der Waals surface area contributed by atoms with Crippen molar-refractivity contribution in [2.75, 3.05) is 6.61 Å². The Morgan fingerprint density at radius 2 is 1.60 bits per heavy atom. The molecule has 2 atom stereocenters. The molecule has 0 saturated carbocycles. The highest BCUT2D eigenvalue weighted by atomic mass is 31.2. The summed E-state index contributed by atoms with van der Waals surface area (Å²) in [4.78, 5) is 22.6. The van der Waals surface area contributed by atoms with E-state index in [0.717, 1.165) is 0 Å². The van der Waals surface area contributed by atoms with Crippen LogP contribution in [-0.2, 0) is 14.1 Å². The van der Waals surface area contributed by atoms with Crippen LogP contribution in [0.2, 0.25) is 0 Å². The molecular formula is C20H25N2O7P. The zero-order valence-electron chi connectivity index (χ0n) is 17.2. The Morgan fingerprint density at radius 1 is 1.07 bits per heavy atom. The van der Waals surface area contributed by atoms with E-state index < -0.39 is 24.7 Å². The first-order valence-electron chi connectivity index (χ1n) is 9.21. The van der Waals surface area contributed by atoms with Gasteiger partial charge in [0.05, 0.1) is 11.5 Å². The van der Waals surface area contributed by atoms with Crippen LogP contribution >= 0.6 is 7.75 Å². The van der Waals surface area contributed by atoms with Gasteiger partial charge in [-0.3, -0.25) is 14.9 Å². The fourth-order valence-corrected chi connectivity index (χ4v) is 3.68. The van der Waals surface area contributed by atoms with Crippen molar-refractivity contribution >= 4 is 19.4 Å². The lowest BCUT2D eigenvalue weighted by molar-refractivity contribution is -0.384. The molecule has 2 rings (SSSR count). The minimum absolute atomic E-state index is 0.0719. The van der Waals surface area contributed by atoms with Gasteiger partial charge in [-0.1, -0.05) is 39.0 Å². The summed E-state index contributed by atoms with van der Waals surface area (Å²) in [5, 5.41) is 13.4. The maximum Gasteiger partial charge on any atom is 0.513 e. The van der Waals surface area contributed by atoms with Gasteiger partial charge in [-0.25, -0.2) is 4.57 Å². The van der Waals surface area contributed by atoms with Crippen LogP contribution in [0.3, 0.4) is 0 Å². The van der Waals surface area contributed by atoms with Gasteiger partial charge in [-0.2, -0.15) is 5.09 Å². The van der Waals surface area contributed by atoms with Gasteiger partial charge in [-0.15, -0.1) is 0 Å². The van der Waals surface area contributed by atoms with Crippen LogP contribution in [-0.4, -0.2) is 23.5 Å². The van der Waals surface area contributed by atoms with Gasteiger partial charge >= 0.3 is 13.7 Å². The number of nitro groups is 1. The van der Waals surface area contributed by atoms with Crippen molar-refractivity contribution in [1.82, 2.24) is 5.09 Å². The van der Waals surface area contributed by atoms with Gasteiger partial charge in [0.15, 0.2) is 0 Å². The van der Waals surface area contributed by atoms with Crippen molar-refractivity contribution in [2.24, 2.45) is 5.41 Å². The highest BCUT2D eigenvalue weighted by Gasteiger charge is 2.34. The molecule has 0 spiro atoms. The number of nitrogens with one attached hydrogen (secondary N) is 1. The van der Waals surface area contributed by atoms with Crippen LogP contribution < -0.4 is 14.1 Å². The Morgan fingerprint density at radius 3 is 2.10 bits per heavy atom. The quantitative estimate of drug-likeness (QED) is 0.260. The smallest absolute Gasteiger partial charge is 0.464 e. The molecule has 0 aromatic heterocycles. The molecule has 2 aromatic carbocycles. The summed E-state index contributed by atoms with van der Waals surface area (Å²) in [5.41, 5.74) is -0.372. The van der Waals surface area contributed by atoms with Gasteiger partial charge in [0, 0.05) is 12.1 Å². The number of hydrogen-bond acceptors (Lipinski definition) is 7. The average Bonchev–Trinajstić information content (AvgIpc) is 2.66. The number of para-hydroxylation sites is 1. The van der Waals surface area contributed by atoms with Gasteiger partial charge < -0.3 is 13.8 Å². The Kier molecular flexibility index (Phi) is 7.59. The van der Waals surface area contributed by atoms with Crippen molar-refractivity contribution in [2.45, 2.75) is 33.7 Å². The van der Waals surface area contributed by atoms with Crippen LogP contribution in [0.25, 0.3) is 0 Å². The summed E-state index contributed by atoms with van der Waals surface area (Å²) in [7, 11) is -4.10. The van der Waals surface area contributed by atoms with Crippen LogP contribution in [0.4, 0.5) is 5.69 Å². The first-order chi connectivity index (χ1) is 14.0. The molecule has 0 amide bonds. The number of carbonyl (C=O) groups excluding carboxylic acids is 1. The SMILES string of the molecule is C[C@H](NP(=O)(Oc1ccccc1)Oc1ccc([N+](=O)[O-])cc1)C(=O)OCC(C)(C)C. The third kappa shape index (κ3) is 7.50. The molecule has 9 nitrogen and oxygen atoms in total. The molecule has 0 radical (unpaired) electrons. The van der Waals surface area contributed by atoms with E-state index in [1.54, 1.807) is 30.3 Å². The second-order valence-corrected chi connectivity index (χ2v) is 9.38. The van der Waals surface area contributed by atoms with E-state index in [1.807, 2.05) is 20.8 Å². The zero-order chi connectivity index (χ0) is 22.4. The van der Waals surface area contributed by atoms with Gasteiger partial charge in [0.1, 0.15) is 17.5 Å². The number of hydrogen-bond donors (Lipinski definition) is 1. The molecule has 1 N–H and O–H groups in total. The average molecular weight is 436 g/mol. The Hall–Kier alpha value is -2.90. The Labute approximate surface area is 175 Å². The predicted octanol–water partition coefficient (Wildman–Crippen LogP) is 4.73. The lowest BCUT2D eigenvalue weighted by Gasteiger charge is -2.24. The molecule has 0 aliphatic rings. The van der Waals surface area contributed by atoms with Crippen LogP contribution in [0, 0.1) is 15.5 Å². The summed E-state index contributed by atoms with van der Waals surface area (Å²) >= 11 is 0. The molecule has 2 aromatic rings. The lowest BCUT2D eigenvalue weighted by Crippen LogP contribution is -2.37. The predicted molar refractivity (Wildman–Crippen MR) is 111 cm³/mol. The minimum Gasteiger partial charge on any atom is -0.464 e. The van der Waals surface area contributed by atoms with E-state index in [0.29, 0.717) is 0 Å². The number of esters is 1. The Bertz CT molecular complexity index is 911. The molecule has 0 bridgehead atoms. The first-order valence-corrected chi connectivity index (χ1v) is 10.7. The van der Waals surface area contributed by atoms with Gasteiger partial charge in [0.2, 0.25) is 0 Å². The second kappa shape index (κ2) is 9.73. The number of nitro benzene ring substituents is 1. The lowest BCUT2D eigenvalue weighted by atomic mass is 9.99. The maximum absolute atomic E-state index is 13.4.